The van der Waals surface area contributed by atoms with Crippen LogP contribution in [0.25, 0.3) is 10.9 Å². The van der Waals surface area contributed by atoms with Crippen LogP contribution < -0.4 is 5.56 Å². The number of fused-ring (bicyclic) bond motifs is 1. The number of aromatic nitrogens is 2. The normalized spacial score (nSPS) is 10.9. The number of rotatable bonds is 3. The lowest BCUT2D eigenvalue weighted by Gasteiger charge is -2.09. The average molecular weight is 313 g/mol. The molecule has 3 aromatic rings. The first-order valence-electron chi connectivity index (χ1n) is 6.84. The van der Waals surface area contributed by atoms with Gasteiger partial charge in [0.25, 0.3) is 11.2 Å². The molecule has 0 atom stereocenters. The summed E-state index contributed by atoms with van der Waals surface area (Å²) in [5.74, 6) is -0.342. The molecule has 6 nitrogen and oxygen atoms in total. The third-order valence-electron chi connectivity index (χ3n) is 3.66. The number of hydrogen-bond acceptors (Lipinski definition) is 4. The summed E-state index contributed by atoms with van der Waals surface area (Å²) < 4.78 is 14.5. The second-order valence-electron chi connectivity index (χ2n) is 5.21. The van der Waals surface area contributed by atoms with Gasteiger partial charge in [0.05, 0.1) is 28.7 Å². The lowest BCUT2D eigenvalue weighted by molar-refractivity contribution is -0.384. The molecule has 0 saturated carbocycles. The van der Waals surface area contributed by atoms with E-state index in [2.05, 4.69) is 4.98 Å². The molecule has 0 N–H and O–H groups in total. The summed E-state index contributed by atoms with van der Waals surface area (Å²) in [6, 6.07) is 8.30. The summed E-state index contributed by atoms with van der Waals surface area (Å²) in [4.78, 5) is 27.0. The van der Waals surface area contributed by atoms with Gasteiger partial charge in [-0.3, -0.25) is 19.5 Å². The van der Waals surface area contributed by atoms with Crippen LogP contribution >= 0.6 is 0 Å². The molecule has 1 heterocycles. The minimum Gasteiger partial charge on any atom is -0.294 e. The Hall–Kier alpha value is -3.09. The van der Waals surface area contributed by atoms with Gasteiger partial charge in [0.1, 0.15) is 5.82 Å². The molecule has 0 aliphatic rings. The van der Waals surface area contributed by atoms with Crippen molar-refractivity contribution in [2.24, 2.45) is 0 Å². The fourth-order valence-corrected chi connectivity index (χ4v) is 2.39. The van der Waals surface area contributed by atoms with Crippen LogP contribution in [0.15, 0.2) is 47.5 Å². The zero-order valence-electron chi connectivity index (χ0n) is 12.2. The minimum atomic E-state index is -0.555. The first kappa shape index (κ1) is 14.8. The smallest absolute Gasteiger partial charge is 0.270 e. The number of nitro benzene ring substituents is 1. The van der Waals surface area contributed by atoms with E-state index in [0.717, 1.165) is 11.1 Å². The van der Waals surface area contributed by atoms with Gasteiger partial charge in [-0.2, -0.15) is 0 Å². The first-order valence-corrected chi connectivity index (χ1v) is 6.84. The van der Waals surface area contributed by atoms with Crippen molar-refractivity contribution in [3.63, 3.8) is 0 Å². The third kappa shape index (κ3) is 2.80. The third-order valence-corrected chi connectivity index (χ3v) is 3.66. The van der Waals surface area contributed by atoms with E-state index in [9.17, 15) is 19.3 Å². The highest BCUT2D eigenvalue weighted by Crippen LogP contribution is 2.17. The maximum absolute atomic E-state index is 13.1. The van der Waals surface area contributed by atoms with Crippen molar-refractivity contribution in [1.82, 2.24) is 9.55 Å². The van der Waals surface area contributed by atoms with Gasteiger partial charge < -0.3 is 0 Å². The highest BCUT2D eigenvalue weighted by molar-refractivity contribution is 5.79. The number of benzene rings is 2. The first-order chi connectivity index (χ1) is 11.0. The molecule has 23 heavy (non-hydrogen) atoms. The molecule has 1 aromatic heterocycles. The maximum atomic E-state index is 13.1. The molecule has 0 aliphatic carbocycles. The Morgan fingerprint density at radius 1 is 1.26 bits per heavy atom. The number of aryl methyl sites for hydroxylation is 1. The highest BCUT2D eigenvalue weighted by Gasteiger charge is 2.11. The maximum Gasteiger partial charge on any atom is 0.270 e. The molecule has 0 unspecified atom stereocenters. The summed E-state index contributed by atoms with van der Waals surface area (Å²) in [6.07, 6.45) is 1.39. The Bertz CT molecular complexity index is 982. The van der Waals surface area contributed by atoms with Crippen molar-refractivity contribution in [3.8, 4) is 0 Å². The van der Waals surface area contributed by atoms with E-state index in [1.54, 1.807) is 13.0 Å². The van der Waals surface area contributed by atoms with Crippen LogP contribution in [0.1, 0.15) is 11.1 Å². The molecule has 0 fully saturated rings. The largest absolute Gasteiger partial charge is 0.294 e. The van der Waals surface area contributed by atoms with Gasteiger partial charge in [0.15, 0.2) is 0 Å². The number of nitrogens with zero attached hydrogens (tertiary/aromatic N) is 3. The van der Waals surface area contributed by atoms with Crippen molar-refractivity contribution in [1.29, 1.82) is 0 Å². The predicted octanol–water partition coefficient (Wildman–Crippen LogP) is 2.80. The van der Waals surface area contributed by atoms with Gasteiger partial charge in [-0.25, -0.2) is 9.37 Å². The Morgan fingerprint density at radius 3 is 2.74 bits per heavy atom. The average Bonchev–Trinajstić information content (AvgIpc) is 2.52. The van der Waals surface area contributed by atoms with E-state index < -0.39 is 4.92 Å². The van der Waals surface area contributed by atoms with Gasteiger partial charge in [0, 0.05) is 12.1 Å². The topological polar surface area (TPSA) is 78.0 Å². The van der Waals surface area contributed by atoms with Gasteiger partial charge in [-0.05, 0) is 36.2 Å². The van der Waals surface area contributed by atoms with Gasteiger partial charge in [-0.1, -0.05) is 6.07 Å². The van der Waals surface area contributed by atoms with Gasteiger partial charge >= 0.3 is 0 Å². The van der Waals surface area contributed by atoms with Crippen LogP contribution in [0.2, 0.25) is 0 Å². The number of halogens is 1. The zero-order valence-corrected chi connectivity index (χ0v) is 12.2. The molecule has 0 aliphatic heterocycles. The summed E-state index contributed by atoms with van der Waals surface area (Å²) in [6.45, 7) is 1.97. The van der Waals surface area contributed by atoms with Crippen molar-refractivity contribution in [3.05, 3.63) is 80.1 Å². The molecule has 0 spiro atoms. The predicted molar refractivity (Wildman–Crippen MR) is 82.9 cm³/mol. The summed E-state index contributed by atoms with van der Waals surface area (Å²) in [7, 11) is 0. The van der Waals surface area contributed by atoms with Crippen molar-refractivity contribution >= 4 is 16.6 Å². The Kier molecular flexibility index (Phi) is 3.61. The molecular weight excluding hydrogens is 301 g/mol. The van der Waals surface area contributed by atoms with Crippen LogP contribution in [0.3, 0.4) is 0 Å². The van der Waals surface area contributed by atoms with Crippen LogP contribution in [0, 0.1) is 22.9 Å². The fourth-order valence-electron chi connectivity index (χ4n) is 2.39. The quantitative estimate of drug-likeness (QED) is 0.550. The van der Waals surface area contributed by atoms with Crippen LogP contribution in [0.5, 0.6) is 0 Å². The standard InChI is InChI=1S/C16H12FN3O3/c1-10-6-12(17)3-2-11(10)8-19-9-18-15-5-4-13(20(22)23)7-14(15)16(19)21/h2-7,9H,8H2,1H3. The highest BCUT2D eigenvalue weighted by atomic mass is 19.1. The lowest BCUT2D eigenvalue weighted by atomic mass is 10.1. The molecule has 0 bridgehead atoms. The van der Waals surface area contributed by atoms with E-state index in [4.69, 9.17) is 0 Å². The van der Waals surface area contributed by atoms with Crippen LogP contribution in [-0.4, -0.2) is 14.5 Å². The second kappa shape index (κ2) is 5.60. The molecule has 7 heteroatoms. The van der Waals surface area contributed by atoms with Gasteiger partial charge in [0.2, 0.25) is 0 Å². The molecule has 0 radical (unpaired) electrons. The Morgan fingerprint density at radius 2 is 2.04 bits per heavy atom. The molecule has 0 saturated heterocycles. The Balaban J connectivity index is 2.09. The summed E-state index contributed by atoms with van der Waals surface area (Å²) >= 11 is 0. The molecule has 2 aromatic carbocycles. The molecule has 3 rings (SSSR count). The van der Waals surface area contributed by atoms with E-state index in [1.807, 2.05) is 0 Å². The number of non-ortho nitro benzene ring substituents is 1. The number of hydrogen-bond donors (Lipinski definition) is 0. The molecule has 116 valence electrons. The summed E-state index contributed by atoms with van der Waals surface area (Å²) in [5, 5.41) is 11.0. The van der Waals surface area contributed by atoms with E-state index >= 15 is 0 Å². The van der Waals surface area contributed by atoms with Crippen molar-refractivity contribution in [2.75, 3.05) is 0 Å². The Labute approximate surface area is 130 Å². The molecule has 0 amide bonds. The van der Waals surface area contributed by atoms with Crippen LogP contribution in [0.4, 0.5) is 10.1 Å². The minimum absolute atomic E-state index is 0.160. The monoisotopic (exact) mass is 313 g/mol. The molecular formula is C16H12FN3O3. The van der Waals surface area contributed by atoms with Gasteiger partial charge in [-0.15, -0.1) is 0 Å². The van der Waals surface area contributed by atoms with E-state index in [1.165, 1.54) is 41.2 Å². The SMILES string of the molecule is Cc1cc(F)ccc1Cn1cnc2ccc([N+](=O)[O-])cc2c1=O. The summed E-state index contributed by atoms with van der Waals surface area (Å²) in [5.41, 5.74) is 1.36. The van der Waals surface area contributed by atoms with Crippen molar-refractivity contribution in [2.45, 2.75) is 13.5 Å². The second-order valence-corrected chi connectivity index (χ2v) is 5.21. The van der Waals surface area contributed by atoms with E-state index in [-0.39, 0.29) is 29.0 Å². The van der Waals surface area contributed by atoms with Crippen molar-refractivity contribution < 1.29 is 9.31 Å². The fraction of sp³-hybridized carbons (Fsp3) is 0.125. The lowest BCUT2D eigenvalue weighted by Crippen LogP contribution is -2.21. The van der Waals surface area contributed by atoms with E-state index in [0.29, 0.717) is 5.52 Å². The van der Waals surface area contributed by atoms with Crippen LogP contribution in [-0.2, 0) is 6.54 Å². The zero-order chi connectivity index (χ0) is 16.6. The number of nitro groups is 1.